The van der Waals surface area contributed by atoms with E-state index < -0.39 is 0 Å². The van der Waals surface area contributed by atoms with Gasteiger partial charge in [-0.15, -0.1) is 5.10 Å². The molecule has 1 aromatic heterocycles. The van der Waals surface area contributed by atoms with E-state index in [4.69, 9.17) is 9.84 Å². The van der Waals surface area contributed by atoms with E-state index in [1.165, 1.54) is 0 Å². The molecule has 25 heavy (non-hydrogen) atoms. The number of hydrogen-bond acceptors (Lipinski definition) is 6. The highest BCUT2D eigenvalue weighted by Crippen LogP contribution is 2.37. The zero-order chi connectivity index (χ0) is 17.2. The molecular formula is C17H27N5O3. The second-order valence-electron chi connectivity index (χ2n) is 7.38. The van der Waals surface area contributed by atoms with E-state index in [1.807, 2.05) is 15.8 Å². The number of carbonyl (C=O) groups is 1. The average molecular weight is 349 g/mol. The van der Waals surface area contributed by atoms with Crippen LogP contribution in [0.1, 0.15) is 18.5 Å². The summed E-state index contributed by atoms with van der Waals surface area (Å²) in [5, 5.41) is 17.3. The number of hydrogen-bond donors (Lipinski definition) is 1. The van der Waals surface area contributed by atoms with Crippen LogP contribution < -0.4 is 0 Å². The van der Waals surface area contributed by atoms with E-state index in [0.29, 0.717) is 37.5 Å². The Hall–Kier alpha value is -1.51. The monoisotopic (exact) mass is 349 g/mol. The molecule has 0 spiro atoms. The van der Waals surface area contributed by atoms with Crippen LogP contribution in [-0.4, -0.2) is 87.8 Å². The number of aliphatic hydroxyl groups excluding tert-OH is 1. The molecule has 4 atom stereocenters. The van der Waals surface area contributed by atoms with Crippen LogP contribution in [0.25, 0.3) is 0 Å². The SMILES string of the molecule is O=C(C1CN2CCC1CC2Cn1cc(CCO)nn1)N1CCOCC1. The van der Waals surface area contributed by atoms with Gasteiger partial charge in [-0.1, -0.05) is 5.21 Å². The van der Waals surface area contributed by atoms with Gasteiger partial charge in [-0.3, -0.25) is 14.4 Å². The van der Waals surface area contributed by atoms with Crippen LogP contribution >= 0.6 is 0 Å². The van der Waals surface area contributed by atoms with Crippen LogP contribution in [0.4, 0.5) is 0 Å². The summed E-state index contributed by atoms with van der Waals surface area (Å²) < 4.78 is 7.25. The minimum atomic E-state index is 0.0989. The molecule has 1 aromatic rings. The zero-order valence-corrected chi connectivity index (χ0v) is 14.6. The number of carbonyl (C=O) groups excluding carboxylic acids is 1. The van der Waals surface area contributed by atoms with Crippen LogP contribution in [0, 0.1) is 11.8 Å². The van der Waals surface area contributed by atoms with Gasteiger partial charge in [0.05, 0.1) is 31.4 Å². The third-order valence-electron chi connectivity index (χ3n) is 5.87. The molecule has 1 N–H and O–H groups in total. The van der Waals surface area contributed by atoms with Gasteiger partial charge in [-0.05, 0) is 25.3 Å². The van der Waals surface area contributed by atoms with E-state index in [9.17, 15) is 4.79 Å². The van der Waals surface area contributed by atoms with Gasteiger partial charge in [0.15, 0.2) is 0 Å². The van der Waals surface area contributed by atoms with Crippen molar-refractivity contribution in [1.29, 1.82) is 0 Å². The summed E-state index contributed by atoms with van der Waals surface area (Å²) in [5.74, 6) is 0.942. The first-order chi connectivity index (χ1) is 12.2. The number of morpholine rings is 1. The molecule has 0 saturated carbocycles. The Kier molecular flexibility index (Phi) is 5.00. The molecule has 138 valence electrons. The number of rotatable bonds is 5. The molecule has 4 saturated heterocycles. The summed E-state index contributed by atoms with van der Waals surface area (Å²) in [4.78, 5) is 17.3. The lowest BCUT2D eigenvalue weighted by molar-refractivity contribution is -0.148. The van der Waals surface area contributed by atoms with Gasteiger partial charge in [-0.2, -0.15) is 0 Å². The fourth-order valence-electron chi connectivity index (χ4n) is 4.50. The largest absolute Gasteiger partial charge is 0.396 e. The Labute approximate surface area is 147 Å². The van der Waals surface area contributed by atoms with Crippen molar-refractivity contribution in [2.45, 2.75) is 31.8 Å². The van der Waals surface area contributed by atoms with Crippen molar-refractivity contribution < 1.29 is 14.6 Å². The van der Waals surface area contributed by atoms with E-state index in [-0.39, 0.29) is 12.5 Å². The molecule has 0 radical (unpaired) electrons. The normalized spacial score (nSPS) is 32.1. The lowest BCUT2D eigenvalue weighted by atomic mass is 9.75. The highest BCUT2D eigenvalue weighted by molar-refractivity contribution is 5.79. The second-order valence-corrected chi connectivity index (χ2v) is 7.38. The van der Waals surface area contributed by atoms with Crippen LogP contribution in [-0.2, 0) is 22.5 Å². The Balaban J connectivity index is 1.37. The van der Waals surface area contributed by atoms with Crippen molar-refractivity contribution in [3.05, 3.63) is 11.9 Å². The van der Waals surface area contributed by atoms with Gasteiger partial charge in [-0.25, -0.2) is 0 Å². The molecule has 1 amide bonds. The number of piperidine rings is 3. The summed E-state index contributed by atoms with van der Waals surface area (Å²) >= 11 is 0. The maximum atomic E-state index is 12.9. The summed E-state index contributed by atoms with van der Waals surface area (Å²) in [7, 11) is 0. The number of nitrogens with zero attached hydrogens (tertiary/aromatic N) is 5. The van der Waals surface area contributed by atoms with Crippen LogP contribution in [0.2, 0.25) is 0 Å². The molecule has 8 heteroatoms. The third kappa shape index (κ3) is 3.56. The average Bonchev–Trinajstić information content (AvgIpc) is 3.10. The molecule has 0 aromatic carbocycles. The Morgan fingerprint density at radius 2 is 2.16 bits per heavy atom. The fraction of sp³-hybridized carbons (Fsp3) is 0.824. The maximum absolute atomic E-state index is 12.9. The van der Waals surface area contributed by atoms with E-state index in [1.54, 1.807) is 0 Å². The van der Waals surface area contributed by atoms with Gasteiger partial charge in [0.2, 0.25) is 5.91 Å². The molecule has 4 unspecified atom stereocenters. The molecule has 4 fully saturated rings. The topological polar surface area (TPSA) is 83.7 Å². The summed E-state index contributed by atoms with van der Waals surface area (Å²) in [6.45, 7) is 5.64. The van der Waals surface area contributed by atoms with Gasteiger partial charge in [0, 0.05) is 44.9 Å². The van der Waals surface area contributed by atoms with Crippen LogP contribution in [0.3, 0.4) is 0 Å². The first-order valence-electron chi connectivity index (χ1n) is 9.35. The van der Waals surface area contributed by atoms with Crippen molar-refractivity contribution in [1.82, 2.24) is 24.8 Å². The quantitative estimate of drug-likeness (QED) is 0.763. The highest BCUT2D eigenvalue weighted by Gasteiger charge is 2.44. The predicted molar refractivity (Wildman–Crippen MR) is 89.8 cm³/mol. The van der Waals surface area contributed by atoms with Gasteiger partial charge in [0.25, 0.3) is 0 Å². The number of amides is 1. The molecule has 8 nitrogen and oxygen atoms in total. The van der Waals surface area contributed by atoms with Crippen LogP contribution in [0.15, 0.2) is 6.20 Å². The van der Waals surface area contributed by atoms with Crippen molar-refractivity contribution in [2.24, 2.45) is 11.8 Å². The molecular weight excluding hydrogens is 322 g/mol. The molecule has 5 rings (SSSR count). The maximum Gasteiger partial charge on any atom is 0.227 e. The van der Waals surface area contributed by atoms with Gasteiger partial charge >= 0.3 is 0 Å². The lowest BCUT2D eigenvalue weighted by Gasteiger charge is -2.50. The van der Waals surface area contributed by atoms with Gasteiger partial charge < -0.3 is 14.7 Å². The van der Waals surface area contributed by atoms with Crippen molar-refractivity contribution >= 4 is 5.91 Å². The van der Waals surface area contributed by atoms with E-state index in [2.05, 4.69) is 15.2 Å². The highest BCUT2D eigenvalue weighted by atomic mass is 16.5. The molecule has 5 heterocycles. The zero-order valence-electron chi connectivity index (χ0n) is 14.6. The number of ether oxygens (including phenoxy) is 1. The lowest BCUT2D eigenvalue weighted by Crippen LogP contribution is -2.59. The number of aliphatic hydroxyl groups is 1. The summed E-state index contributed by atoms with van der Waals surface area (Å²) in [6.07, 6.45) is 4.64. The Bertz CT molecular complexity index is 601. The minimum absolute atomic E-state index is 0.0989. The molecule has 2 bridgehead atoms. The standard InChI is InChI=1S/C17H27N5O3/c23-6-2-14-10-22(19-18-14)11-15-9-13-1-3-21(15)12-16(13)17(24)20-4-7-25-8-5-20/h10,13,15-16,23H,1-9,11-12H2. The Morgan fingerprint density at radius 3 is 2.88 bits per heavy atom. The van der Waals surface area contributed by atoms with E-state index in [0.717, 1.165) is 51.3 Å². The first-order valence-corrected chi connectivity index (χ1v) is 9.35. The summed E-state index contributed by atoms with van der Waals surface area (Å²) in [6, 6.07) is 0.427. The Morgan fingerprint density at radius 1 is 1.32 bits per heavy atom. The number of fused-ring (bicyclic) bond motifs is 3. The molecule has 4 aliphatic rings. The minimum Gasteiger partial charge on any atom is -0.396 e. The first kappa shape index (κ1) is 16.9. The smallest absolute Gasteiger partial charge is 0.227 e. The third-order valence-corrected chi connectivity index (χ3v) is 5.87. The molecule has 0 aliphatic carbocycles. The van der Waals surface area contributed by atoms with Crippen molar-refractivity contribution in [3.8, 4) is 0 Å². The van der Waals surface area contributed by atoms with E-state index >= 15 is 0 Å². The summed E-state index contributed by atoms with van der Waals surface area (Å²) in [5.41, 5.74) is 0.832. The number of aromatic nitrogens is 3. The van der Waals surface area contributed by atoms with Crippen LogP contribution in [0.5, 0.6) is 0 Å². The van der Waals surface area contributed by atoms with Crippen molar-refractivity contribution in [3.63, 3.8) is 0 Å². The fourth-order valence-corrected chi connectivity index (χ4v) is 4.50. The predicted octanol–water partition coefficient (Wildman–Crippen LogP) is -0.618. The molecule has 4 aliphatic heterocycles. The van der Waals surface area contributed by atoms with Gasteiger partial charge in [0.1, 0.15) is 0 Å². The second kappa shape index (κ2) is 7.39. The van der Waals surface area contributed by atoms with Crippen molar-refractivity contribution in [2.75, 3.05) is 46.0 Å².